The standard InChI is InChI=1S/C22H14F3N3/c23-22(24,25)16-11-17(12-6-2-1-3-7-12)27-21-18(16)19(26)15-10-13-8-4-5-9-14(13)20(15)28-21/h1-9,11H,10H2,(H2,26,27,28). The average Bonchev–Trinajstić information content (AvgIpc) is 3.06. The van der Waals surface area contributed by atoms with Crippen LogP contribution in [0.15, 0.2) is 60.7 Å². The van der Waals surface area contributed by atoms with Gasteiger partial charge in [0.1, 0.15) is 0 Å². The molecule has 2 aromatic heterocycles. The number of anilines is 1. The molecule has 28 heavy (non-hydrogen) atoms. The van der Waals surface area contributed by atoms with Crippen LogP contribution in [0, 0.1) is 0 Å². The SMILES string of the molecule is Nc1c2c(nc3nc(-c4ccccc4)cc(C(F)(F)F)c13)-c1ccccc1C2. The van der Waals surface area contributed by atoms with Crippen molar-refractivity contribution in [2.75, 3.05) is 5.73 Å². The Balaban J connectivity index is 1.86. The Morgan fingerprint density at radius 3 is 2.36 bits per heavy atom. The Labute approximate surface area is 158 Å². The fourth-order valence-corrected chi connectivity index (χ4v) is 3.81. The van der Waals surface area contributed by atoms with Crippen LogP contribution < -0.4 is 5.73 Å². The van der Waals surface area contributed by atoms with Crippen LogP contribution in [0.2, 0.25) is 0 Å². The third-order valence-corrected chi connectivity index (χ3v) is 5.11. The number of nitrogens with zero attached hydrogens (tertiary/aromatic N) is 2. The van der Waals surface area contributed by atoms with Gasteiger partial charge in [-0.05, 0) is 11.6 Å². The van der Waals surface area contributed by atoms with Crippen LogP contribution in [0.5, 0.6) is 0 Å². The molecule has 0 radical (unpaired) electrons. The molecule has 0 saturated heterocycles. The van der Waals surface area contributed by atoms with E-state index in [0.29, 0.717) is 23.2 Å². The summed E-state index contributed by atoms with van der Waals surface area (Å²) >= 11 is 0. The number of hydrogen-bond acceptors (Lipinski definition) is 3. The van der Waals surface area contributed by atoms with Crippen molar-refractivity contribution in [1.82, 2.24) is 9.97 Å². The van der Waals surface area contributed by atoms with Gasteiger partial charge in [0.2, 0.25) is 0 Å². The number of fused-ring (bicyclic) bond motifs is 4. The number of rotatable bonds is 1. The average molecular weight is 377 g/mol. The molecule has 0 saturated carbocycles. The molecule has 1 aliphatic rings. The predicted octanol–water partition coefficient (Wildman–Crippen LogP) is 5.47. The highest BCUT2D eigenvalue weighted by Crippen LogP contribution is 2.45. The first-order chi connectivity index (χ1) is 13.4. The van der Waals surface area contributed by atoms with Gasteiger partial charge in [0.15, 0.2) is 5.65 Å². The summed E-state index contributed by atoms with van der Waals surface area (Å²) in [6.07, 6.45) is -4.10. The van der Waals surface area contributed by atoms with Gasteiger partial charge in [-0.2, -0.15) is 13.2 Å². The van der Waals surface area contributed by atoms with E-state index < -0.39 is 11.7 Å². The van der Waals surface area contributed by atoms with Crippen molar-refractivity contribution in [2.24, 2.45) is 0 Å². The van der Waals surface area contributed by atoms with Crippen molar-refractivity contribution in [1.29, 1.82) is 0 Å². The van der Waals surface area contributed by atoms with Gasteiger partial charge >= 0.3 is 6.18 Å². The Morgan fingerprint density at radius 2 is 1.61 bits per heavy atom. The summed E-state index contributed by atoms with van der Waals surface area (Å²) in [5.41, 5.74) is 9.54. The smallest absolute Gasteiger partial charge is 0.398 e. The van der Waals surface area contributed by atoms with Crippen molar-refractivity contribution in [3.8, 4) is 22.5 Å². The maximum atomic E-state index is 13.9. The molecule has 0 spiro atoms. The van der Waals surface area contributed by atoms with Gasteiger partial charge in [-0.25, -0.2) is 9.97 Å². The van der Waals surface area contributed by atoms with Crippen LogP contribution in [0.3, 0.4) is 0 Å². The van der Waals surface area contributed by atoms with E-state index in [1.54, 1.807) is 30.3 Å². The van der Waals surface area contributed by atoms with Crippen molar-refractivity contribution in [2.45, 2.75) is 12.6 Å². The summed E-state index contributed by atoms with van der Waals surface area (Å²) in [5.74, 6) is 0. The van der Waals surface area contributed by atoms with E-state index in [9.17, 15) is 13.2 Å². The second-order valence-corrected chi connectivity index (χ2v) is 6.80. The second-order valence-electron chi connectivity index (χ2n) is 6.80. The zero-order valence-corrected chi connectivity index (χ0v) is 14.6. The van der Waals surface area contributed by atoms with E-state index in [0.717, 1.165) is 17.2 Å². The Kier molecular flexibility index (Phi) is 3.46. The number of nitrogen functional groups attached to an aromatic ring is 1. The Bertz CT molecular complexity index is 1230. The predicted molar refractivity (Wildman–Crippen MR) is 103 cm³/mol. The molecule has 1 aliphatic carbocycles. The van der Waals surface area contributed by atoms with E-state index in [2.05, 4.69) is 9.97 Å². The lowest BCUT2D eigenvalue weighted by Crippen LogP contribution is -2.10. The van der Waals surface area contributed by atoms with E-state index in [-0.39, 0.29) is 22.4 Å². The zero-order chi connectivity index (χ0) is 19.5. The number of nitrogens with two attached hydrogens (primary N) is 1. The third-order valence-electron chi connectivity index (χ3n) is 5.11. The number of pyridine rings is 2. The maximum absolute atomic E-state index is 13.9. The van der Waals surface area contributed by atoms with Crippen molar-refractivity contribution >= 4 is 16.7 Å². The molecule has 3 nitrogen and oxygen atoms in total. The minimum absolute atomic E-state index is 0.0154. The first-order valence-corrected chi connectivity index (χ1v) is 8.77. The fraction of sp³-hybridized carbons (Fsp3) is 0.0909. The Hall–Kier alpha value is -3.41. The molecular weight excluding hydrogens is 363 g/mol. The number of halogens is 3. The van der Waals surface area contributed by atoms with Crippen LogP contribution in [-0.2, 0) is 12.6 Å². The minimum Gasteiger partial charge on any atom is -0.398 e. The van der Waals surface area contributed by atoms with Crippen LogP contribution >= 0.6 is 0 Å². The number of alkyl halides is 3. The van der Waals surface area contributed by atoms with E-state index in [4.69, 9.17) is 5.73 Å². The van der Waals surface area contributed by atoms with Gasteiger partial charge < -0.3 is 5.73 Å². The summed E-state index contributed by atoms with van der Waals surface area (Å²) in [6.45, 7) is 0. The van der Waals surface area contributed by atoms with Gasteiger partial charge in [-0.15, -0.1) is 0 Å². The fourth-order valence-electron chi connectivity index (χ4n) is 3.81. The van der Waals surface area contributed by atoms with Crippen LogP contribution in [-0.4, -0.2) is 9.97 Å². The van der Waals surface area contributed by atoms with Gasteiger partial charge in [-0.1, -0.05) is 54.6 Å². The van der Waals surface area contributed by atoms with Gasteiger partial charge in [0, 0.05) is 28.8 Å². The molecule has 0 bridgehead atoms. The van der Waals surface area contributed by atoms with Gasteiger partial charge in [0.05, 0.1) is 22.3 Å². The van der Waals surface area contributed by atoms with Gasteiger partial charge in [-0.3, -0.25) is 0 Å². The van der Waals surface area contributed by atoms with Crippen molar-refractivity contribution in [3.63, 3.8) is 0 Å². The highest BCUT2D eigenvalue weighted by atomic mass is 19.4. The summed E-state index contributed by atoms with van der Waals surface area (Å²) in [7, 11) is 0. The van der Waals surface area contributed by atoms with E-state index in [1.807, 2.05) is 24.3 Å². The molecule has 0 atom stereocenters. The summed E-state index contributed by atoms with van der Waals surface area (Å²) in [4.78, 5) is 8.97. The van der Waals surface area contributed by atoms with Gasteiger partial charge in [0.25, 0.3) is 0 Å². The minimum atomic E-state index is -4.57. The summed E-state index contributed by atoms with van der Waals surface area (Å²) in [6, 6.07) is 17.4. The lowest BCUT2D eigenvalue weighted by Gasteiger charge is -2.16. The van der Waals surface area contributed by atoms with Crippen LogP contribution in [0.25, 0.3) is 33.5 Å². The monoisotopic (exact) mass is 377 g/mol. The Morgan fingerprint density at radius 1 is 0.893 bits per heavy atom. The highest BCUT2D eigenvalue weighted by Gasteiger charge is 2.36. The molecule has 138 valence electrons. The highest BCUT2D eigenvalue weighted by molar-refractivity contribution is 5.99. The molecule has 2 N–H and O–H groups in total. The first kappa shape index (κ1) is 16.7. The first-order valence-electron chi connectivity index (χ1n) is 8.77. The maximum Gasteiger partial charge on any atom is 0.417 e. The lowest BCUT2D eigenvalue weighted by molar-refractivity contribution is -0.136. The van der Waals surface area contributed by atoms with Crippen LogP contribution in [0.1, 0.15) is 16.7 Å². The molecular formula is C22H14F3N3. The van der Waals surface area contributed by atoms with Crippen molar-refractivity contribution in [3.05, 3.63) is 77.4 Å². The zero-order valence-electron chi connectivity index (χ0n) is 14.6. The molecule has 0 fully saturated rings. The molecule has 0 unspecified atom stereocenters. The number of benzene rings is 2. The normalized spacial score (nSPS) is 12.8. The number of aromatic nitrogens is 2. The number of hydrogen-bond donors (Lipinski definition) is 1. The quantitative estimate of drug-likeness (QED) is 0.421. The second kappa shape index (κ2) is 5.79. The molecule has 6 heteroatoms. The third kappa shape index (κ3) is 2.45. The van der Waals surface area contributed by atoms with E-state index >= 15 is 0 Å². The van der Waals surface area contributed by atoms with Crippen molar-refractivity contribution < 1.29 is 13.2 Å². The molecule has 2 heterocycles. The summed E-state index contributed by atoms with van der Waals surface area (Å²) < 4.78 is 41.7. The van der Waals surface area contributed by atoms with Crippen LogP contribution in [0.4, 0.5) is 18.9 Å². The van der Waals surface area contributed by atoms with E-state index in [1.165, 1.54) is 0 Å². The topological polar surface area (TPSA) is 51.8 Å². The molecule has 5 rings (SSSR count). The largest absolute Gasteiger partial charge is 0.417 e. The molecule has 0 amide bonds. The lowest BCUT2D eigenvalue weighted by atomic mass is 10.0. The molecule has 2 aromatic carbocycles. The molecule has 4 aromatic rings. The molecule has 0 aliphatic heterocycles. The summed E-state index contributed by atoms with van der Waals surface area (Å²) in [5, 5.41) is -0.126.